The molecule has 1 rings (SSSR count). The van der Waals surface area contributed by atoms with Crippen LogP contribution in [0, 0.1) is 5.82 Å². The first-order chi connectivity index (χ1) is 8.95. The molecule has 5 nitrogen and oxygen atoms in total. The molecule has 3 N–H and O–H groups in total. The molecule has 0 bridgehead atoms. The Morgan fingerprint density at radius 2 is 2.00 bits per heavy atom. The number of amides is 2. The van der Waals surface area contributed by atoms with E-state index < -0.39 is 5.60 Å². The minimum absolute atomic E-state index is 0.0252. The van der Waals surface area contributed by atoms with Gasteiger partial charge in [0.15, 0.2) is 0 Å². The summed E-state index contributed by atoms with van der Waals surface area (Å²) in [5.41, 5.74) is -0.724. The molecule has 6 heteroatoms. The van der Waals surface area contributed by atoms with E-state index >= 15 is 0 Å². The number of nitrogens with one attached hydrogen (secondary N) is 2. The van der Waals surface area contributed by atoms with Gasteiger partial charge in [-0.25, -0.2) is 9.18 Å². The quantitative estimate of drug-likeness (QED) is 0.675. The number of methoxy groups -OCH3 is 1. The lowest BCUT2D eigenvalue weighted by Crippen LogP contribution is -2.44. The molecular formula is C13H19FN2O3. The van der Waals surface area contributed by atoms with Gasteiger partial charge in [0.25, 0.3) is 0 Å². The Morgan fingerprint density at radius 3 is 2.58 bits per heavy atom. The van der Waals surface area contributed by atoms with Gasteiger partial charge in [0.05, 0.1) is 13.2 Å². The first kappa shape index (κ1) is 15.4. The molecule has 1 aromatic rings. The number of hydrogen-bond acceptors (Lipinski definition) is 3. The van der Waals surface area contributed by atoms with E-state index in [4.69, 9.17) is 4.74 Å². The van der Waals surface area contributed by atoms with Crippen molar-refractivity contribution in [1.82, 2.24) is 10.6 Å². The minimum Gasteiger partial charge on any atom is -0.384 e. The summed E-state index contributed by atoms with van der Waals surface area (Å²) in [6.07, 6.45) is 0. The maximum atomic E-state index is 12.8. The van der Waals surface area contributed by atoms with Gasteiger partial charge in [-0.15, -0.1) is 0 Å². The zero-order valence-electron chi connectivity index (χ0n) is 11.1. The van der Waals surface area contributed by atoms with Gasteiger partial charge in [-0.1, -0.05) is 12.1 Å². The molecule has 0 aromatic heterocycles. The Morgan fingerprint density at radius 1 is 1.37 bits per heavy atom. The molecule has 0 spiro atoms. The number of benzene rings is 1. The van der Waals surface area contributed by atoms with E-state index in [1.165, 1.54) is 24.3 Å². The highest BCUT2D eigenvalue weighted by atomic mass is 19.1. The zero-order chi connectivity index (χ0) is 14.3. The monoisotopic (exact) mass is 270 g/mol. The molecule has 0 aliphatic heterocycles. The second-order valence-corrected chi connectivity index (χ2v) is 4.38. The molecule has 0 aliphatic rings. The summed E-state index contributed by atoms with van der Waals surface area (Å²) >= 11 is 0. The third-order valence-electron chi connectivity index (χ3n) is 2.65. The first-order valence-electron chi connectivity index (χ1n) is 5.95. The maximum Gasteiger partial charge on any atom is 0.314 e. The van der Waals surface area contributed by atoms with E-state index in [1.54, 1.807) is 14.0 Å². The van der Waals surface area contributed by atoms with E-state index in [1.807, 2.05) is 0 Å². The van der Waals surface area contributed by atoms with Crippen LogP contribution in [0.3, 0.4) is 0 Å². The summed E-state index contributed by atoms with van der Waals surface area (Å²) in [5, 5.41) is 15.3. The van der Waals surface area contributed by atoms with Gasteiger partial charge < -0.3 is 20.5 Å². The first-order valence-corrected chi connectivity index (χ1v) is 5.95. The molecule has 0 fully saturated rings. The van der Waals surface area contributed by atoms with Crippen LogP contribution in [-0.2, 0) is 10.3 Å². The predicted octanol–water partition coefficient (Wildman–Crippen LogP) is 0.979. The number of rotatable bonds is 6. The van der Waals surface area contributed by atoms with Gasteiger partial charge in [0, 0.05) is 13.7 Å². The highest BCUT2D eigenvalue weighted by Crippen LogP contribution is 2.19. The minimum atomic E-state index is -1.26. The van der Waals surface area contributed by atoms with Crippen molar-refractivity contribution in [2.45, 2.75) is 12.5 Å². The fourth-order valence-corrected chi connectivity index (χ4v) is 1.49. The van der Waals surface area contributed by atoms with Crippen LogP contribution < -0.4 is 10.6 Å². The molecule has 0 aliphatic carbocycles. The number of urea groups is 1. The number of hydrogen-bond donors (Lipinski definition) is 3. The van der Waals surface area contributed by atoms with Crippen LogP contribution >= 0.6 is 0 Å². The molecule has 1 atom stereocenters. The predicted molar refractivity (Wildman–Crippen MR) is 69.2 cm³/mol. The van der Waals surface area contributed by atoms with Crippen LogP contribution in [0.4, 0.5) is 9.18 Å². The number of ether oxygens (including phenoxy) is 1. The second-order valence-electron chi connectivity index (χ2n) is 4.38. The molecule has 0 radical (unpaired) electrons. The molecule has 19 heavy (non-hydrogen) atoms. The number of aliphatic hydroxyl groups is 1. The summed E-state index contributed by atoms with van der Waals surface area (Å²) in [6, 6.07) is 5.12. The van der Waals surface area contributed by atoms with E-state index in [2.05, 4.69) is 10.6 Å². The van der Waals surface area contributed by atoms with Crippen LogP contribution in [0.25, 0.3) is 0 Å². The highest BCUT2D eigenvalue weighted by molar-refractivity contribution is 5.73. The van der Waals surface area contributed by atoms with Gasteiger partial charge in [-0.3, -0.25) is 0 Å². The van der Waals surface area contributed by atoms with Crippen molar-refractivity contribution >= 4 is 6.03 Å². The topological polar surface area (TPSA) is 70.6 Å². The maximum absolute atomic E-state index is 12.8. The molecule has 0 saturated heterocycles. The molecule has 0 saturated carbocycles. The SMILES string of the molecule is COCCNC(=O)NCC(C)(O)c1ccc(F)cc1. The second kappa shape index (κ2) is 7.06. The van der Waals surface area contributed by atoms with Crippen molar-refractivity contribution in [2.24, 2.45) is 0 Å². The number of carbonyl (C=O) groups is 1. The molecule has 1 unspecified atom stereocenters. The molecular weight excluding hydrogens is 251 g/mol. The lowest BCUT2D eigenvalue weighted by atomic mass is 9.96. The normalized spacial score (nSPS) is 13.7. The average molecular weight is 270 g/mol. The summed E-state index contributed by atoms with van der Waals surface area (Å²) < 4.78 is 17.6. The molecule has 2 amide bonds. The Bertz CT molecular complexity index is 407. The Labute approximate surface area is 111 Å². The number of halogens is 1. The van der Waals surface area contributed by atoms with Crippen molar-refractivity contribution in [2.75, 3.05) is 26.8 Å². The Balaban J connectivity index is 2.46. The highest BCUT2D eigenvalue weighted by Gasteiger charge is 2.23. The van der Waals surface area contributed by atoms with Crippen LogP contribution in [0.2, 0.25) is 0 Å². The van der Waals surface area contributed by atoms with E-state index in [-0.39, 0.29) is 18.4 Å². The lowest BCUT2D eigenvalue weighted by molar-refractivity contribution is 0.0592. The third-order valence-corrected chi connectivity index (χ3v) is 2.65. The summed E-state index contributed by atoms with van der Waals surface area (Å²) in [7, 11) is 1.54. The van der Waals surface area contributed by atoms with E-state index in [0.29, 0.717) is 18.7 Å². The van der Waals surface area contributed by atoms with Crippen molar-refractivity contribution in [3.8, 4) is 0 Å². The van der Waals surface area contributed by atoms with Crippen LogP contribution in [0.5, 0.6) is 0 Å². The van der Waals surface area contributed by atoms with E-state index in [0.717, 1.165) is 0 Å². The van der Waals surface area contributed by atoms with Gasteiger partial charge in [-0.05, 0) is 24.6 Å². The van der Waals surface area contributed by atoms with Gasteiger partial charge in [0.2, 0.25) is 0 Å². The van der Waals surface area contributed by atoms with Crippen molar-refractivity contribution in [3.05, 3.63) is 35.6 Å². The summed E-state index contributed by atoms with van der Waals surface area (Å²) in [6.45, 7) is 2.38. The smallest absolute Gasteiger partial charge is 0.314 e. The number of carbonyl (C=O) groups excluding carboxylic acids is 1. The standard InChI is InChI=1S/C13H19FN2O3/c1-13(18,10-3-5-11(14)6-4-10)9-16-12(17)15-7-8-19-2/h3-6,18H,7-9H2,1-2H3,(H2,15,16,17). The van der Waals surface area contributed by atoms with Gasteiger partial charge in [0.1, 0.15) is 11.4 Å². The van der Waals surface area contributed by atoms with Crippen molar-refractivity contribution < 1.29 is 19.0 Å². The molecule has 0 heterocycles. The summed E-state index contributed by atoms with van der Waals surface area (Å²) in [5.74, 6) is -0.371. The Kier molecular flexibility index (Phi) is 5.72. The zero-order valence-corrected chi connectivity index (χ0v) is 11.1. The van der Waals surface area contributed by atoms with Crippen molar-refractivity contribution in [3.63, 3.8) is 0 Å². The lowest BCUT2D eigenvalue weighted by Gasteiger charge is -2.24. The van der Waals surface area contributed by atoms with Gasteiger partial charge in [-0.2, -0.15) is 0 Å². The Hall–Kier alpha value is -1.66. The molecule has 106 valence electrons. The molecule has 1 aromatic carbocycles. The summed E-state index contributed by atoms with van der Waals surface area (Å²) in [4.78, 5) is 11.4. The largest absolute Gasteiger partial charge is 0.384 e. The van der Waals surface area contributed by atoms with Crippen molar-refractivity contribution in [1.29, 1.82) is 0 Å². The van der Waals surface area contributed by atoms with Gasteiger partial charge >= 0.3 is 6.03 Å². The fraction of sp³-hybridized carbons (Fsp3) is 0.462. The fourth-order valence-electron chi connectivity index (χ4n) is 1.49. The van der Waals surface area contributed by atoms with E-state index in [9.17, 15) is 14.3 Å². The average Bonchev–Trinajstić information content (AvgIpc) is 2.37. The van der Waals surface area contributed by atoms with Crippen LogP contribution in [0.15, 0.2) is 24.3 Å². The van der Waals surface area contributed by atoms with Crippen LogP contribution in [-0.4, -0.2) is 37.9 Å². The third kappa shape index (κ3) is 5.23. The van der Waals surface area contributed by atoms with Crippen LogP contribution in [0.1, 0.15) is 12.5 Å².